The van der Waals surface area contributed by atoms with Gasteiger partial charge in [-0.3, -0.25) is 4.79 Å². The predicted octanol–water partition coefficient (Wildman–Crippen LogP) is 5.69. The summed E-state index contributed by atoms with van der Waals surface area (Å²) in [6.07, 6.45) is 9.00. The molecule has 5 heteroatoms. The van der Waals surface area contributed by atoms with Crippen LogP contribution < -0.4 is 10.6 Å². The number of alkyl carbamates (subject to hydrolysis) is 1. The predicted molar refractivity (Wildman–Crippen MR) is 133 cm³/mol. The van der Waals surface area contributed by atoms with Gasteiger partial charge in [-0.05, 0) is 90.9 Å². The quantitative estimate of drug-likeness (QED) is 0.586. The minimum atomic E-state index is -0.315. The van der Waals surface area contributed by atoms with Crippen LogP contribution in [0.3, 0.4) is 0 Å². The van der Waals surface area contributed by atoms with Crippen molar-refractivity contribution in [2.45, 2.75) is 84.8 Å². The molecule has 34 heavy (non-hydrogen) atoms. The average molecular weight is 467 g/mol. The first-order chi connectivity index (χ1) is 16.3. The van der Waals surface area contributed by atoms with Crippen LogP contribution in [0.2, 0.25) is 0 Å². The topological polar surface area (TPSA) is 67.4 Å². The van der Waals surface area contributed by atoms with Gasteiger partial charge in [-0.15, -0.1) is 0 Å². The molecule has 0 aromatic heterocycles. The van der Waals surface area contributed by atoms with Crippen LogP contribution in [-0.4, -0.2) is 24.6 Å². The second-order valence-corrected chi connectivity index (χ2v) is 12.2. The number of hydrogen-bond donors (Lipinski definition) is 2. The van der Waals surface area contributed by atoms with Gasteiger partial charge in [0.2, 0.25) is 5.91 Å². The molecule has 5 rings (SSSR count). The molecule has 0 radical (unpaired) electrons. The monoisotopic (exact) mass is 466 g/mol. The molecule has 186 valence electrons. The highest BCUT2D eigenvalue weighted by molar-refractivity contribution is 5.77. The first-order valence-corrected chi connectivity index (χ1v) is 13.5. The van der Waals surface area contributed by atoms with E-state index in [-0.39, 0.29) is 17.4 Å². The van der Waals surface area contributed by atoms with E-state index in [1.165, 1.54) is 32.1 Å². The summed E-state index contributed by atoms with van der Waals surface area (Å²) < 4.78 is 5.43. The Morgan fingerprint density at radius 2 is 1.82 bits per heavy atom. The molecule has 4 aliphatic rings. The van der Waals surface area contributed by atoms with E-state index in [9.17, 15) is 9.59 Å². The molecule has 1 aliphatic heterocycles. The van der Waals surface area contributed by atoms with Crippen molar-refractivity contribution >= 4 is 12.0 Å². The zero-order chi connectivity index (χ0) is 23.9. The van der Waals surface area contributed by atoms with Crippen molar-refractivity contribution in [1.29, 1.82) is 0 Å². The zero-order valence-corrected chi connectivity index (χ0v) is 21.1. The van der Waals surface area contributed by atoms with Crippen LogP contribution in [0.15, 0.2) is 30.3 Å². The van der Waals surface area contributed by atoms with Crippen LogP contribution in [0.5, 0.6) is 0 Å². The largest absolute Gasteiger partial charge is 0.445 e. The Bertz CT molecular complexity index is 904. The zero-order valence-electron chi connectivity index (χ0n) is 21.1. The number of nitrogens with one attached hydrogen (secondary N) is 2. The van der Waals surface area contributed by atoms with Crippen LogP contribution >= 0.6 is 0 Å². The minimum Gasteiger partial charge on any atom is -0.445 e. The molecule has 4 fully saturated rings. The smallest absolute Gasteiger partial charge is 0.407 e. The van der Waals surface area contributed by atoms with Crippen molar-refractivity contribution in [2.24, 2.45) is 40.4 Å². The Balaban J connectivity index is 1.18. The first-order valence-electron chi connectivity index (χ1n) is 13.5. The van der Waals surface area contributed by atoms with Gasteiger partial charge in [-0.1, -0.05) is 51.1 Å². The van der Waals surface area contributed by atoms with Gasteiger partial charge in [0.1, 0.15) is 6.61 Å². The first kappa shape index (κ1) is 23.7. The van der Waals surface area contributed by atoms with Gasteiger partial charge in [-0.2, -0.15) is 0 Å². The molecule has 8 atom stereocenters. The average Bonchev–Trinajstić information content (AvgIpc) is 3.19. The fourth-order valence-electron chi connectivity index (χ4n) is 8.84. The standard InChI is InChI=1S/C29H42N2O3/c1-19(17-30-27(33)34-18-20-7-5-4-6-8-20)22-10-11-23-21-9-12-25-29(3,16-14-26(32)31-25)24(21)13-15-28(22,23)2/h4-8,19,21-25H,9-18H2,1-3H3,(H,30,33)(H,31,32)/t19?,21-,22+,23-,24-,25+,28+,29+/m0/s1. The van der Waals surface area contributed by atoms with Gasteiger partial charge in [0.25, 0.3) is 0 Å². The summed E-state index contributed by atoms with van der Waals surface area (Å²) in [6, 6.07) is 10.2. The van der Waals surface area contributed by atoms with Crippen LogP contribution in [0.25, 0.3) is 0 Å². The maximum absolute atomic E-state index is 12.3. The number of carbonyl (C=O) groups excluding carboxylic acids is 2. The van der Waals surface area contributed by atoms with E-state index in [1.807, 2.05) is 30.3 Å². The van der Waals surface area contributed by atoms with Crippen molar-refractivity contribution in [2.75, 3.05) is 6.54 Å². The normalized spacial score (nSPS) is 39.7. The number of rotatable bonds is 5. The molecule has 0 bridgehead atoms. The van der Waals surface area contributed by atoms with Crippen molar-refractivity contribution in [3.63, 3.8) is 0 Å². The van der Waals surface area contributed by atoms with Crippen LogP contribution in [-0.2, 0) is 16.1 Å². The van der Waals surface area contributed by atoms with E-state index in [1.54, 1.807) is 0 Å². The number of carbonyl (C=O) groups is 2. The second kappa shape index (κ2) is 9.20. The van der Waals surface area contributed by atoms with Crippen molar-refractivity contribution in [1.82, 2.24) is 10.6 Å². The van der Waals surface area contributed by atoms with Crippen LogP contribution in [0, 0.1) is 40.4 Å². The lowest BCUT2D eigenvalue weighted by molar-refractivity contribution is -0.137. The van der Waals surface area contributed by atoms with Crippen LogP contribution in [0.4, 0.5) is 4.79 Å². The van der Waals surface area contributed by atoms with Gasteiger partial charge >= 0.3 is 6.09 Å². The molecule has 5 nitrogen and oxygen atoms in total. The molecular formula is C29H42N2O3. The van der Waals surface area contributed by atoms with E-state index in [0.29, 0.717) is 42.9 Å². The highest BCUT2D eigenvalue weighted by atomic mass is 16.5. The van der Waals surface area contributed by atoms with E-state index in [0.717, 1.165) is 36.2 Å². The molecule has 3 aliphatic carbocycles. The van der Waals surface area contributed by atoms with E-state index in [4.69, 9.17) is 4.74 Å². The summed E-state index contributed by atoms with van der Waals surface area (Å²) in [7, 11) is 0. The molecule has 1 heterocycles. The number of benzene rings is 1. The summed E-state index contributed by atoms with van der Waals surface area (Å²) in [5.74, 6) is 3.65. The Kier molecular flexibility index (Phi) is 6.41. The number of piperidine rings is 1. The van der Waals surface area contributed by atoms with E-state index >= 15 is 0 Å². The lowest BCUT2D eigenvalue weighted by Gasteiger charge is -2.60. The third kappa shape index (κ3) is 4.13. The summed E-state index contributed by atoms with van der Waals surface area (Å²) in [4.78, 5) is 24.4. The van der Waals surface area contributed by atoms with Gasteiger partial charge in [0.15, 0.2) is 0 Å². The SMILES string of the molecule is CC(CNC(=O)OCc1ccccc1)[C@H]1CC[C@H]2[C@@H]3CC[C@H]4NC(=O)CC[C@]4(C)[C@H]3CC[C@]12C. The van der Waals surface area contributed by atoms with E-state index < -0.39 is 0 Å². The summed E-state index contributed by atoms with van der Waals surface area (Å²) in [5.41, 5.74) is 1.64. The Hall–Kier alpha value is -2.04. The number of hydrogen-bond acceptors (Lipinski definition) is 3. The molecular weight excluding hydrogens is 424 g/mol. The maximum Gasteiger partial charge on any atom is 0.407 e. The third-order valence-corrected chi connectivity index (χ3v) is 10.6. The fourth-order valence-corrected chi connectivity index (χ4v) is 8.84. The summed E-state index contributed by atoms with van der Waals surface area (Å²) in [5, 5.41) is 6.39. The summed E-state index contributed by atoms with van der Waals surface area (Å²) >= 11 is 0. The highest BCUT2D eigenvalue weighted by Gasteiger charge is 2.60. The van der Waals surface area contributed by atoms with Gasteiger partial charge < -0.3 is 15.4 Å². The van der Waals surface area contributed by atoms with Gasteiger partial charge in [-0.25, -0.2) is 4.79 Å². The van der Waals surface area contributed by atoms with Gasteiger partial charge in [0, 0.05) is 19.0 Å². The lowest BCUT2D eigenvalue weighted by Crippen LogP contribution is -2.61. The van der Waals surface area contributed by atoms with Crippen LogP contribution in [0.1, 0.15) is 77.7 Å². The molecule has 2 N–H and O–H groups in total. The fraction of sp³-hybridized carbons (Fsp3) is 0.724. The molecule has 1 saturated heterocycles. The van der Waals surface area contributed by atoms with Crippen molar-refractivity contribution in [3.05, 3.63) is 35.9 Å². The lowest BCUT2D eigenvalue weighted by atomic mass is 9.46. The molecule has 1 aromatic rings. The Labute approximate surface area is 204 Å². The van der Waals surface area contributed by atoms with Gasteiger partial charge in [0.05, 0.1) is 0 Å². The Morgan fingerprint density at radius 1 is 1.06 bits per heavy atom. The van der Waals surface area contributed by atoms with Crippen molar-refractivity contribution in [3.8, 4) is 0 Å². The molecule has 1 unspecified atom stereocenters. The summed E-state index contributed by atoms with van der Waals surface area (Å²) in [6.45, 7) is 8.33. The molecule has 1 aromatic carbocycles. The number of ether oxygens (including phenoxy) is 1. The Morgan fingerprint density at radius 3 is 2.62 bits per heavy atom. The molecule has 0 spiro atoms. The number of amides is 2. The number of fused-ring (bicyclic) bond motifs is 5. The van der Waals surface area contributed by atoms with Crippen molar-refractivity contribution < 1.29 is 14.3 Å². The van der Waals surface area contributed by atoms with E-state index in [2.05, 4.69) is 31.4 Å². The molecule has 3 saturated carbocycles. The maximum atomic E-state index is 12.3. The highest BCUT2D eigenvalue weighted by Crippen LogP contribution is 2.66. The third-order valence-electron chi connectivity index (χ3n) is 10.6. The minimum absolute atomic E-state index is 0.256. The second-order valence-electron chi connectivity index (χ2n) is 12.2. The molecule has 2 amide bonds.